The van der Waals surface area contributed by atoms with Crippen LogP contribution >= 0.6 is 0 Å². The van der Waals surface area contributed by atoms with Gasteiger partial charge in [-0.3, -0.25) is 25.2 Å². The van der Waals surface area contributed by atoms with Crippen LogP contribution in [0.15, 0.2) is 17.2 Å². The first-order chi connectivity index (χ1) is 11.9. The lowest BCUT2D eigenvalue weighted by Crippen LogP contribution is -2.25. The van der Waals surface area contributed by atoms with E-state index in [1.165, 1.54) is 0 Å². The normalized spacial score (nSPS) is 14.8. The zero-order chi connectivity index (χ0) is 17.9. The highest BCUT2D eigenvalue weighted by molar-refractivity contribution is 6.21. The van der Waals surface area contributed by atoms with Crippen LogP contribution in [-0.4, -0.2) is 22.1 Å². The first-order valence-corrected chi connectivity index (χ1v) is 8.21. The monoisotopic (exact) mass is 340 g/mol. The van der Waals surface area contributed by atoms with Crippen LogP contribution in [0.2, 0.25) is 0 Å². The number of nitrogens with zero attached hydrogens (tertiary/aromatic N) is 4. The highest BCUT2D eigenvalue weighted by atomic mass is 16.6. The summed E-state index contributed by atoms with van der Waals surface area (Å²) >= 11 is 0. The summed E-state index contributed by atoms with van der Waals surface area (Å²) in [6.45, 7) is 4.21. The van der Waals surface area contributed by atoms with E-state index >= 15 is 0 Å². The van der Waals surface area contributed by atoms with Crippen molar-refractivity contribution in [2.75, 3.05) is 11.6 Å². The zero-order valence-corrected chi connectivity index (χ0v) is 13.9. The maximum atomic E-state index is 11.7. The number of hydrogen-bond donors (Lipinski definition) is 0. The molecule has 0 radical (unpaired) electrons. The summed E-state index contributed by atoms with van der Waals surface area (Å²) < 4.78 is 0. The summed E-state index contributed by atoms with van der Waals surface area (Å²) in [4.78, 5) is 22.5. The molecule has 2 aromatic carbocycles. The molecule has 0 amide bonds. The molecule has 0 unspecified atom stereocenters. The van der Waals surface area contributed by atoms with Gasteiger partial charge in [-0.1, -0.05) is 6.92 Å². The lowest BCUT2D eigenvalue weighted by atomic mass is 9.92. The predicted octanol–water partition coefficient (Wildman–Crippen LogP) is 3.71. The molecule has 0 fully saturated rings. The molecule has 0 saturated heterocycles. The van der Waals surface area contributed by atoms with Gasteiger partial charge in [0.25, 0.3) is 11.4 Å². The van der Waals surface area contributed by atoms with Crippen LogP contribution in [0.4, 0.5) is 17.1 Å². The maximum absolute atomic E-state index is 11.7. The molecule has 4 rings (SSSR count). The zero-order valence-electron chi connectivity index (χ0n) is 13.9. The average Bonchev–Trinajstić information content (AvgIpc) is 2.97. The van der Waals surface area contributed by atoms with Crippen LogP contribution in [-0.2, 0) is 12.8 Å². The van der Waals surface area contributed by atoms with E-state index in [1.54, 1.807) is 24.1 Å². The van der Waals surface area contributed by atoms with Crippen molar-refractivity contribution in [2.24, 2.45) is 5.10 Å². The molecule has 0 atom stereocenters. The van der Waals surface area contributed by atoms with Gasteiger partial charge in [0.05, 0.1) is 21.1 Å². The fraction of sp³-hybridized carbons (Fsp3) is 0.353. The van der Waals surface area contributed by atoms with Crippen molar-refractivity contribution in [1.29, 1.82) is 0 Å². The standard InChI is InChI=1S/C17H16N4O4/c1-3-6-19-17-13(21(24)25)8-11-5-4-10-7-12(20(22)23)14(9(2)18-19)16(17)15(10)11/h7-8H,3-6H2,1-2H3. The van der Waals surface area contributed by atoms with Gasteiger partial charge in [0.1, 0.15) is 5.69 Å². The molecule has 1 heterocycles. The van der Waals surface area contributed by atoms with Gasteiger partial charge in [-0.15, -0.1) is 0 Å². The van der Waals surface area contributed by atoms with Crippen molar-refractivity contribution >= 4 is 33.5 Å². The lowest BCUT2D eigenvalue weighted by molar-refractivity contribution is -0.385. The Kier molecular flexibility index (Phi) is 3.24. The van der Waals surface area contributed by atoms with E-state index in [2.05, 4.69) is 5.10 Å². The Hall–Kier alpha value is -3.03. The van der Waals surface area contributed by atoms with Crippen LogP contribution in [0.3, 0.4) is 0 Å². The number of nitro groups is 2. The smallest absolute Gasteiger partial charge is 0.258 e. The van der Waals surface area contributed by atoms with Gasteiger partial charge >= 0.3 is 0 Å². The van der Waals surface area contributed by atoms with Crippen molar-refractivity contribution in [3.63, 3.8) is 0 Å². The Morgan fingerprint density at radius 1 is 1.08 bits per heavy atom. The van der Waals surface area contributed by atoms with Gasteiger partial charge in [-0.05, 0) is 42.7 Å². The first kappa shape index (κ1) is 15.5. The molecular formula is C17H16N4O4. The Morgan fingerprint density at radius 2 is 1.68 bits per heavy atom. The molecule has 2 aromatic rings. The van der Waals surface area contributed by atoms with E-state index < -0.39 is 9.85 Å². The van der Waals surface area contributed by atoms with Gasteiger partial charge in [0.2, 0.25) is 0 Å². The highest BCUT2D eigenvalue weighted by Crippen LogP contribution is 2.49. The first-order valence-electron chi connectivity index (χ1n) is 8.21. The van der Waals surface area contributed by atoms with Gasteiger partial charge in [0, 0.05) is 24.1 Å². The third-order valence-electron chi connectivity index (χ3n) is 4.88. The fourth-order valence-corrected chi connectivity index (χ4v) is 3.99. The largest absolute Gasteiger partial charge is 0.295 e. The van der Waals surface area contributed by atoms with Crippen LogP contribution in [0.5, 0.6) is 0 Å². The second-order valence-electron chi connectivity index (χ2n) is 6.41. The minimum Gasteiger partial charge on any atom is -0.258 e. The van der Waals surface area contributed by atoms with Gasteiger partial charge < -0.3 is 0 Å². The molecule has 0 spiro atoms. The van der Waals surface area contributed by atoms with E-state index in [4.69, 9.17) is 0 Å². The molecule has 1 aliphatic heterocycles. The quantitative estimate of drug-likeness (QED) is 0.623. The number of benzene rings is 2. The summed E-state index contributed by atoms with van der Waals surface area (Å²) in [6, 6.07) is 3.22. The molecule has 128 valence electrons. The minimum atomic E-state index is -0.416. The Balaban J connectivity index is 2.23. The number of hydrogen-bond acceptors (Lipinski definition) is 6. The van der Waals surface area contributed by atoms with Crippen molar-refractivity contribution < 1.29 is 9.85 Å². The molecule has 0 N–H and O–H groups in total. The van der Waals surface area contributed by atoms with E-state index in [1.807, 2.05) is 6.92 Å². The second kappa shape index (κ2) is 5.23. The molecule has 8 heteroatoms. The van der Waals surface area contributed by atoms with Crippen molar-refractivity contribution in [2.45, 2.75) is 33.1 Å². The molecular weight excluding hydrogens is 324 g/mol. The van der Waals surface area contributed by atoms with Crippen molar-refractivity contribution in [1.82, 2.24) is 0 Å². The molecule has 2 aliphatic rings. The summed E-state index contributed by atoms with van der Waals surface area (Å²) in [5.74, 6) is 0. The van der Waals surface area contributed by atoms with Crippen LogP contribution < -0.4 is 5.01 Å². The number of hydrazone groups is 1. The third-order valence-corrected chi connectivity index (χ3v) is 4.88. The average molecular weight is 340 g/mol. The van der Waals surface area contributed by atoms with Crippen LogP contribution in [0, 0.1) is 20.2 Å². The SMILES string of the molecule is CCCN1N=C(C)c2c([N+](=O)[O-])cc3c4c(cc([N+](=O)[O-])c1c24)CC3. The van der Waals surface area contributed by atoms with Crippen molar-refractivity contribution in [3.8, 4) is 0 Å². The van der Waals surface area contributed by atoms with Gasteiger partial charge in [0.15, 0.2) is 0 Å². The molecule has 0 aromatic heterocycles. The molecule has 0 bridgehead atoms. The third kappa shape index (κ3) is 2.03. The van der Waals surface area contributed by atoms with E-state index in [0.29, 0.717) is 41.7 Å². The molecule has 0 saturated carbocycles. The van der Waals surface area contributed by atoms with E-state index in [-0.39, 0.29) is 11.4 Å². The Labute approximate surface area is 143 Å². The number of nitro benzene ring substituents is 2. The topological polar surface area (TPSA) is 102 Å². The molecule has 1 aliphatic carbocycles. The lowest BCUT2D eigenvalue weighted by Gasteiger charge is -2.27. The predicted molar refractivity (Wildman–Crippen MR) is 94.5 cm³/mol. The number of rotatable bonds is 4. The van der Waals surface area contributed by atoms with Crippen LogP contribution in [0.25, 0.3) is 10.8 Å². The summed E-state index contributed by atoms with van der Waals surface area (Å²) in [5, 5.41) is 30.9. The van der Waals surface area contributed by atoms with E-state index in [9.17, 15) is 20.2 Å². The van der Waals surface area contributed by atoms with Crippen molar-refractivity contribution in [3.05, 3.63) is 49.1 Å². The summed E-state index contributed by atoms with van der Waals surface area (Å²) in [5.41, 5.74) is 3.07. The molecule has 25 heavy (non-hydrogen) atoms. The second-order valence-corrected chi connectivity index (χ2v) is 6.41. The maximum Gasteiger partial charge on any atom is 0.295 e. The number of aryl methyl sites for hydroxylation is 2. The minimum absolute atomic E-state index is 0.0190. The highest BCUT2D eigenvalue weighted by Gasteiger charge is 2.36. The Bertz CT molecular complexity index is 986. The fourth-order valence-electron chi connectivity index (χ4n) is 3.99. The number of anilines is 1. The van der Waals surface area contributed by atoms with Crippen LogP contribution in [0.1, 0.15) is 37.0 Å². The Morgan fingerprint density at radius 3 is 2.24 bits per heavy atom. The summed E-state index contributed by atoms with van der Waals surface area (Å²) in [7, 11) is 0. The van der Waals surface area contributed by atoms with Gasteiger partial charge in [-0.25, -0.2) is 0 Å². The van der Waals surface area contributed by atoms with Gasteiger partial charge in [-0.2, -0.15) is 5.10 Å². The molecule has 8 nitrogen and oxygen atoms in total. The van der Waals surface area contributed by atoms with E-state index in [0.717, 1.165) is 22.9 Å². The summed E-state index contributed by atoms with van der Waals surface area (Å²) in [6.07, 6.45) is 2.09.